The van der Waals surface area contributed by atoms with E-state index in [2.05, 4.69) is 15.0 Å². The fourth-order valence-electron chi connectivity index (χ4n) is 2.04. The minimum atomic E-state index is -0.369. The fourth-order valence-corrected chi connectivity index (χ4v) is 2.04. The number of fused-ring (bicyclic) bond motifs is 1. The third kappa shape index (κ3) is 5.49. The monoisotopic (exact) mass is 337 g/mol. The van der Waals surface area contributed by atoms with Crippen molar-refractivity contribution in [2.24, 2.45) is 5.92 Å². The third-order valence-corrected chi connectivity index (χ3v) is 3.20. The van der Waals surface area contributed by atoms with Crippen LogP contribution in [0.25, 0.3) is 11.2 Å². The molecule has 132 valence electrons. The molecule has 0 aliphatic heterocycles. The molecule has 9 nitrogen and oxygen atoms in total. The van der Waals surface area contributed by atoms with Crippen molar-refractivity contribution in [3.05, 3.63) is 12.5 Å². The average molecular weight is 337 g/mol. The van der Waals surface area contributed by atoms with Crippen LogP contribution in [0.3, 0.4) is 0 Å². The first-order valence-electron chi connectivity index (χ1n) is 7.15. The van der Waals surface area contributed by atoms with Gasteiger partial charge in [0.1, 0.15) is 5.52 Å². The summed E-state index contributed by atoms with van der Waals surface area (Å²) < 4.78 is 11.9. The number of hydrogen-bond donors (Lipinski definition) is 1. The molecule has 2 N–H and O–H groups in total. The van der Waals surface area contributed by atoms with E-state index >= 15 is 0 Å². The van der Waals surface area contributed by atoms with Crippen LogP contribution in [-0.2, 0) is 25.6 Å². The van der Waals surface area contributed by atoms with Crippen molar-refractivity contribution in [1.29, 1.82) is 0 Å². The van der Waals surface area contributed by atoms with E-state index in [1.54, 1.807) is 12.5 Å². The highest BCUT2D eigenvalue weighted by Gasteiger charge is 2.14. The van der Waals surface area contributed by atoms with E-state index in [0.29, 0.717) is 24.1 Å². The number of esters is 2. The molecule has 0 aliphatic rings. The van der Waals surface area contributed by atoms with Gasteiger partial charge in [-0.15, -0.1) is 0 Å². The Morgan fingerprint density at radius 3 is 2.42 bits per heavy atom. The van der Waals surface area contributed by atoms with Crippen molar-refractivity contribution >= 4 is 29.1 Å². The topological polar surface area (TPSA) is 122 Å². The summed E-state index contributed by atoms with van der Waals surface area (Å²) in [5.41, 5.74) is 6.88. The van der Waals surface area contributed by atoms with Crippen LogP contribution in [-0.4, -0.2) is 44.7 Å². The van der Waals surface area contributed by atoms with E-state index < -0.39 is 0 Å². The van der Waals surface area contributed by atoms with E-state index in [4.69, 9.17) is 15.2 Å². The first-order chi connectivity index (χ1) is 11.0. The van der Waals surface area contributed by atoms with Gasteiger partial charge in [0, 0.05) is 26.3 Å². The number of nitrogens with two attached hydrogens (primary N) is 1. The SMILES string of the molecule is C.CC(=O)OCC(CCn1cnc2cnc(N)nc21)COC(C)=O. The molecule has 2 heterocycles. The van der Waals surface area contributed by atoms with Crippen LogP contribution >= 0.6 is 0 Å². The molecule has 2 rings (SSSR count). The van der Waals surface area contributed by atoms with Crippen LogP contribution in [0.2, 0.25) is 0 Å². The zero-order chi connectivity index (χ0) is 16.8. The van der Waals surface area contributed by atoms with E-state index in [9.17, 15) is 9.59 Å². The number of aryl methyl sites for hydroxylation is 1. The Kier molecular flexibility index (Phi) is 7.09. The summed E-state index contributed by atoms with van der Waals surface area (Å²) in [6, 6.07) is 0. The number of nitrogen functional groups attached to an aromatic ring is 1. The Bertz CT molecular complexity index is 682. The van der Waals surface area contributed by atoms with Crippen molar-refractivity contribution in [2.45, 2.75) is 34.2 Å². The quantitative estimate of drug-likeness (QED) is 0.747. The summed E-state index contributed by atoms with van der Waals surface area (Å²) in [5.74, 6) is -0.673. The average Bonchev–Trinajstić information content (AvgIpc) is 2.88. The second kappa shape index (κ2) is 8.80. The number of nitrogens with zero attached hydrogens (tertiary/aromatic N) is 4. The highest BCUT2D eigenvalue weighted by Crippen LogP contribution is 2.13. The molecule has 0 fully saturated rings. The lowest BCUT2D eigenvalue weighted by Crippen LogP contribution is -2.21. The van der Waals surface area contributed by atoms with Gasteiger partial charge in [-0.2, -0.15) is 4.98 Å². The molecular weight excluding hydrogens is 314 g/mol. The maximum Gasteiger partial charge on any atom is 0.302 e. The molecule has 0 saturated carbocycles. The summed E-state index contributed by atoms with van der Waals surface area (Å²) >= 11 is 0. The Morgan fingerprint density at radius 1 is 1.21 bits per heavy atom. The van der Waals surface area contributed by atoms with Crippen LogP contribution < -0.4 is 5.73 Å². The second-order valence-electron chi connectivity index (χ2n) is 5.13. The molecule has 2 aromatic heterocycles. The standard InChI is InChI=1S/C14H19N5O4.CH4/c1-9(20)22-6-11(7-23-10(2)21)3-4-19-8-17-12-5-16-14(15)18-13(12)19;/h5,8,11H,3-4,6-7H2,1-2H3,(H2,15,16,18);1H4. The van der Waals surface area contributed by atoms with Crippen molar-refractivity contribution in [3.8, 4) is 0 Å². The Labute approximate surface area is 140 Å². The molecule has 0 atom stereocenters. The van der Waals surface area contributed by atoms with Crippen molar-refractivity contribution < 1.29 is 19.1 Å². The lowest BCUT2D eigenvalue weighted by atomic mass is 10.1. The number of aromatic nitrogens is 4. The molecule has 0 bridgehead atoms. The highest BCUT2D eigenvalue weighted by atomic mass is 16.5. The molecule has 0 amide bonds. The Morgan fingerprint density at radius 2 is 1.83 bits per heavy atom. The number of carbonyl (C=O) groups excluding carboxylic acids is 2. The summed E-state index contributed by atoms with van der Waals surface area (Å²) in [4.78, 5) is 34.2. The summed E-state index contributed by atoms with van der Waals surface area (Å²) in [5, 5.41) is 0. The molecule has 0 unspecified atom stereocenters. The highest BCUT2D eigenvalue weighted by molar-refractivity contribution is 5.70. The number of imidazole rings is 1. The molecule has 0 aliphatic carbocycles. The van der Waals surface area contributed by atoms with Crippen molar-refractivity contribution in [2.75, 3.05) is 18.9 Å². The van der Waals surface area contributed by atoms with Crippen LogP contribution in [0, 0.1) is 5.92 Å². The zero-order valence-electron chi connectivity index (χ0n) is 13.1. The minimum Gasteiger partial charge on any atom is -0.465 e. The van der Waals surface area contributed by atoms with Crippen LogP contribution in [0.15, 0.2) is 12.5 Å². The van der Waals surface area contributed by atoms with Gasteiger partial charge in [0.15, 0.2) is 5.65 Å². The molecule has 9 heteroatoms. The number of rotatable bonds is 7. The molecule has 0 saturated heterocycles. The predicted octanol–water partition coefficient (Wildman–Crippen LogP) is 1.18. The largest absolute Gasteiger partial charge is 0.465 e. The number of carbonyl (C=O) groups is 2. The predicted molar refractivity (Wildman–Crippen MR) is 87.8 cm³/mol. The van der Waals surface area contributed by atoms with Crippen LogP contribution in [0.1, 0.15) is 27.7 Å². The van der Waals surface area contributed by atoms with Gasteiger partial charge in [-0.1, -0.05) is 7.43 Å². The molecule has 0 spiro atoms. The van der Waals surface area contributed by atoms with Crippen molar-refractivity contribution in [1.82, 2.24) is 19.5 Å². The zero-order valence-corrected chi connectivity index (χ0v) is 13.1. The van der Waals surface area contributed by atoms with Gasteiger partial charge in [0.05, 0.1) is 25.7 Å². The van der Waals surface area contributed by atoms with Gasteiger partial charge >= 0.3 is 11.9 Å². The fraction of sp³-hybridized carbons (Fsp3) is 0.533. The second-order valence-corrected chi connectivity index (χ2v) is 5.13. The first kappa shape index (κ1) is 19.3. The molecule has 0 aromatic carbocycles. The smallest absolute Gasteiger partial charge is 0.302 e. The molecule has 24 heavy (non-hydrogen) atoms. The lowest BCUT2D eigenvalue weighted by Gasteiger charge is -2.16. The van der Waals surface area contributed by atoms with Gasteiger partial charge in [-0.05, 0) is 6.42 Å². The summed E-state index contributed by atoms with van der Waals surface area (Å²) in [7, 11) is 0. The molecular formula is C15H23N5O4. The molecule has 2 aromatic rings. The number of anilines is 1. The first-order valence-corrected chi connectivity index (χ1v) is 7.15. The van der Waals surface area contributed by atoms with Gasteiger partial charge in [-0.3, -0.25) is 9.59 Å². The van der Waals surface area contributed by atoms with Crippen LogP contribution in [0.5, 0.6) is 0 Å². The van der Waals surface area contributed by atoms with E-state index in [1.165, 1.54) is 13.8 Å². The normalized spacial score (nSPS) is 10.5. The maximum atomic E-state index is 11.0. The Hall–Kier alpha value is -2.71. The van der Waals surface area contributed by atoms with Gasteiger partial charge in [0.25, 0.3) is 0 Å². The van der Waals surface area contributed by atoms with E-state index in [-0.39, 0.29) is 44.4 Å². The number of ether oxygens (including phenoxy) is 2. The van der Waals surface area contributed by atoms with Gasteiger partial charge < -0.3 is 19.8 Å². The van der Waals surface area contributed by atoms with Gasteiger partial charge in [-0.25, -0.2) is 9.97 Å². The van der Waals surface area contributed by atoms with Crippen LogP contribution in [0.4, 0.5) is 5.95 Å². The van der Waals surface area contributed by atoms with E-state index in [1.807, 2.05) is 4.57 Å². The van der Waals surface area contributed by atoms with Gasteiger partial charge in [0.2, 0.25) is 5.95 Å². The third-order valence-electron chi connectivity index (χ3n) is 3.20. The Balaban J connectivity index is 0.00000288. The summed E-state index contributed by atoms with van der Waals surface area (Å²) in [6.07, 6.45) is 3.83. The lowest BCUT2D eigenvalue weighted by molar-refractivity contribution is -0.146. The van der Waals surface area contributed by atoms with Crippen molar-refractivity contribution in [3.63, 3.8) is 0 Å². The maximum absolute atomic E-state index is 11.0. The number of hydrogen-bond acceptors (Lipinski definition) is 8. The summed E-state index contributed by atoms with van der Waals surface area (Å²) in [6.45, 7) is 3.62. The molecule has 0 radical (unpaired) electrons. The van der Waals surface area contributed by atoms with E-state index in [0.717, 1.165) is 0 Å². The minimum absolute atomic E-state index is 0.